The molecule has 15 nitrogen and oxygen atoms in total. The lowest BCUT2D eigenvalue weighted by Gasteiger charge is -2.23. The zero-order chi connectivity index (χ0) is 28.8. The maximum Gasteiger partial charge on any atom is 0.326 e. The molecule has 0 saturated carbocycles. The summed E-state index contributed by atoms with van der Waals surface area (Å²) in [6.45, 7) is 1.48. The Morgan fingerprint density at radius 2 is 1.50 bits per heavy atom. The van der Waals surface area contributed by atoms with Gasteiger partial charge >= 0.3 is 11.9 Å². The molecule has 1 aromatic rings. The molecule has 0 radical (unpaired) electrons. The molecule has 38 heavy (non-hydrogen) atoms. The Labute approximate surface area is 218 Å². The lowest BCUT2D eigenvalue weighted by Crippen LogP contribution is -2.56. The van der Waals surface area contributed by atoms with E-state index < -0.39 is 60.2 Å². The molecule has 0 bridgehead atoms. The molecule has 0 fully saturated rings. The number of rotatable bonds is 16. The lowest BCUT2D eigenvalue weighted by atomic mass is 10.1. The molecule has 0 aliphatic carbocycles. The fourth-order valence-corrected chi connectivity index (χ4v) is 3.23. The van der Waals surface area contributed by atoms with Gasteiger partial charge in [0.05, 0.1) is 6.04 Å². The SMILES string of the molecule is C[C@H](NC(=O)[C@@H](N)Cc1ccc(O)cc1)C(=O)N[C@@H](CCC(=O)O)C(=O)N[C@@H](CCCN=C(N)N)C(=O)O. The number of benzene rings is 1. The largest absolute Gasteiger partial charge is 0.508 e. The fourth-order valence-electron chi connectivity index (χ4n) is 3.23. The van der Waals surface area contributed by atoms with Gasteiger partial charge in [0.25, 0.3) is 0 Å². The number of aliphatic carboxylic acids is 2. The van der Waals surface area contributed by atoms with Crippen molar-refractivity contribution >= 4 is 35.6 Å². The topological polar surface area (TPSA) is 273 Å². The standard InChI is InChI=1S/C23H35N7O8/c1-12(28-20(35)15(24)11-13-4-6-14(31)7-5-13)19(34)29-16(8-9-18(32)33)21(36)30-17(22(37)38)3-2-10-27-23(25)26/h4-7,12,15-17,31H,2-3,8-11,24H2,1H3,(H,28,35)(H,29,34)(H,30,36)(H,32,33)(H,37,38)(H4,25,26,27)/t12-,15-,16-,17-/m0/s1. The summed E-state index contributed by atoms with van der Waals surface area (Å²) < 4.78 is 0. The Hall–Kier alpha value is -4.40. The van der Waals surface area contributed by atoms with Gasteiger partial charge in [0.2, 0.25) is 17.7 Å². The molecule has 15 heteroatoms. The number of guanidine groups is 1. The van der Waals surface area contributed by atoms with E-state index in [2.05, 4.69) is 20.9 Å². The third kappa shape index (κ3) is 12.0. The Morgan fingerprint density at radius 1 is 0.895 bits per heavy atom. The van der Waals surface area contributed by atoms with Gasteiger partial charge in [-0.05, 0) is 50.3 Å². The van der Waals surface area contributed by atoms with Gasteiger partial charge in [-0.3, -0.25) is 24.2 Å². The molecule has 1 rings (SSSR count). The maximum absolute atomic E-state index is 12.8. The van der Waals surface area contributed by atoms with Crippen molar-refractivity contribution < 1.29 is 39.3 Å². The minimum absolute atomic E-state index is 0.0250. The van der Waals surface area contributed by atoms with Crippen LogP contribution in [0.5, 0.6) is 5.75 Å². The molecule has 0 heterocycles. The van der Waals surface area contributed by atoms with E-state index in [9.17, 15) is 34.2 Å². The van der Waals surface area contributed by atoms with E-state index in [0.717, 1.165) is 0 Å². The third-order valence-corrected chi connectivity index (χ3v) is 5.32. The summed E-state index contributed by atoms with van der Waals surface area (Å²) in [5, 5.41) is 34.8. The van der Waals surface area contributed by atoms with Crippen molar-refractivity contribution in [1.82, 2.24) is 16.0 Å². The monoisotopic (exact) mass is 537 g/mol. The Balaban J connectivity index is 2.78. The number of nitrogens with one attached hydrogen (secondary N) is 3. The van der Waals surface area contributed by atoms with E-state index in [1.54, 1.807) is 12.1 Å². The second-order valence-electron chi connectivity index (χ2n) is 8.55. The molecular weight excluding hydrogens is 502 g/mol. The van der Waals surface area contributed by atoms with Crippen molar-refractivity contribution in [1.29, 1.82) is 0 Å². The lowest BCUT2D eigenvalue weighted by molar-refractivity contribution is -0.143. The summed E-state index contributed by atoms with van der Waals surface area (Å²) in [7, 11) is 0. The predicted octanol–water partition coefficient (Wildman–Crippen LogP) is -2.26. The van der Waals surface area contributed by atoms with Crippen molar-refractivity contribution in [3.63, 3.8) is 0 Å². The molecule has 0 aromatic heterocycles. The highest BCUT2D eigenvalue weighted by Gasteiger charge is 2.29. The normalized spacial score (nSPS) is 13.7. The van der Waals surface area contributed by atoms with Crippen molar-refractivity contribution in [2.24, 2.45) is 22.2 Å². The summed E-state index contributed by atoms with van der Waals surface area (Å²) in [4.78, 5) is 64.2. The molecular formula is C23H35N7O8. The Kier molecular flexibility index (Phi) is 13.0. The number of hydrogen-bond donors (Lipinski definition) is 9. The molecule has 0 spiro atoms. The number of phenols is 1. The first-order chi connectivity index (χ1) is 17.8. The van der Waals surface area contributed by atoms with Gasteiger partial charge in [0.1, 0.15) is 23.9 Å². The van der Waals surface area contributed by atoms with Crippen LogP contribution in [0, 0.1) is 0 Å². The number of carboxylic acid groups (broad SMARTS) is 2. The minimum atomic E-state index is -1.39. The fraction of sp³-hybridized carbons (Fsp3) is 0.478. The van der Waals surface area contributed by atoms with Crippen LogP contribution >= 0.6 is 0 Å². The van der Waals surface area contributed by atoms with Gasteiger partial charge in [-0.15, -0.1) is 0 Å². The van der Waals surface area contributed by atoms with E-state index in [1.165, 1.54) is 19.1 Å². The van der Waals surface area contributed by atoms with Crippen molar-refractivity contribution in [2.75, 3.05) is 6.54 Å². The Bertz CT molecular complexity index is 1010. The van der Waals surface area contributed by atoms with Crippen molar-refractivity contribution in [3.05, 3.63) is 29.8 Å². The number of carbonyl (C=O) groups excluding carboxylic acids is 3. The van der Waals surface area contributed by atoms with Crippen LogP contribution in [0.1, 0.15) is 38.2 Å². The first-order valence-electron chi connectivity index (χ1n) is 11.7. The number of phenolic OH excluding ortho intramolecular Hbond substituents is 1. The maximum atomic E-state index is 12.8. The van der Waals surface area contributed by atoms with Crippen molar-refractivity contribution in [2.45, 2.75) is 63.2 Å². The average molecular weight is 538 g/mol. The molecule has 0 aliphatic heterocycles. The highest BCUT2D eigenvalue weighted by molar-refractivity contribution is 5.94. The van der Waals surface area contributed by atoms with Gasteiger partial charge in [-0.1, -0.05) is 12.1 Å². The number of carbonyl (C=O) groups is 5. The molecule has 210 valence electrons. The first kappa shape index (κ1) is 31.6. The predicted molar refractivity (Wildman–Crippen MR) is 136 cm³/mol. The van der Waals surface area contributed by atoms with Crippen LogP contribution in [0.3, 0.4) is 0 Å². The number of nitrogens with zero attached hydrogens (tertiary/aromatic N) is 1. The summed E-state index contributed by atoms with van der Waals surface area (Å²) in [5.41, 5.74) is 17.0. The van der Waals surface area contributed by atoms with E-state index in [1.807, 2.05) is 0 Å². The number of hydrogen-bond acceptors (Lipinski definition) is 8. The first-order valence-corrected chi connectivity index (χ1v) is 11.7. The zero-order valence-electron chi connectivity index (χ0n) is 20.9. The van der Waals surface area contributed by atoms with E-state index in [-0.39, 0.29) is 43.9 Å². The summed E-state index contributed by atoms with van der Waals surface area (Å²) >= 11 is 0. The van der Waals surface area contributed by atoms with Crippen LogP contribution in [0.15, 0.2) is 29.3 Å². The van der Waals surface area contributed by atoms with Crippen LogP contribution in [-0.2, 0) is 30.4 Å². The van der Waals surface area contributed by atoms with Crippen LogP contribution in [0.4, 0.5) is 0 Å². The van der Waals surface area contributed by atoms with Gasteiger partial charge in [-0.2, -0.15) is 0 Å². The molecule has 0 unspecified atom stereocenters. The number of carboxylic acids is 2. The van der Waals surface area contributed by atoms with E-state index in [4.69, 9.17) is 22.3 Å². The van der Waals surface area contributed by atoms with Crippen LogP contribution in [0.25, 0.3) is 0 Å². The zero-order valence-corrected chi connectivity index (χ0v) is 20.9. The number of aromatic hydroxyl groups is 1. The van der Waals surface area contributed by atoms with Crippen molar-refractivity contribution in [3.8, 4) is 5.75 Å². The molecule has 12 N–H and O–H groups in total. The molecule has 4 atom stereocenters. The van der Waals surface area contributed by atoms with E-state index >= 15 is 0 Å². The molecule has 1 aromatic carbocycles. The number of aliphatic imine (C=N–C) groups is 1. The van der Waals surface area contributed by atoms with Gasteiger partial charge in [-0.25, -0.2) is 4.79 Å². The third-order valence-electron chi connectivity index (χ3n) is 5.32. The molecule has 0 saturated heterocycles. The van der Waals surface area contributed by atoms with Gasteiger partial charge in [0, 0.05) is 13.0 Å². The van der Waals surface area contributed by atoms with Crippen LogP contribution in [0.2, 0.25) is 0 Å². The Morgan fingerprint density at radius 3 is 2.05 bits per heavy atom. The molecule has 0 aliphatic rings. The minimum Gasteiger partial charge on any atom is -0.508 e. The average Bonchev–Trinajstić information content (AvgIpc) is 2.84. The summed E-state index contributed by atoms with van der Waals surface area (Å²) in [5.74, 6) is -5.05. The quantitative estimate of drug-likeness (QED) is 0.0616. The highest BCUT2D eigenvalue weighted by atomic mass is 16.4. The second-order valence-corrected chi connectivity index (χ2v) is 8.55. The number of nitrogens with two attached hydrogens (primary N) is 3. The van der Waals surface area contributed by atoms with Crippen LogP contribution < -0.4 is 33.2 Å². The van der Waals surface area contributed by atoms with Gasteiger partial charge < -0.3 is 48.5 Å². The van der Waals surface area contributed by atoms with E-state index in [0.29, 0.717) is 5.56 Å². The number of amides is 3. The summed E-state index contributed by atoms with van der Waals surface area (Å²) in [6, 6.07) is 1.18. The van der Waals surface area contributed by atoms with Gasteiger partial charge in [0.15, 0.2) is 5.96 Å². The second kappa shape index (κ2) is 15.7. The molecule has 3 amide bonds. The summed E-state index contributed by atoms with van der Waals surface area (Å²) in [6.07, 6.45) is -0.478. The van der Waals surface area contributed by atoms with Crippen LogP contribution in [-0.4, -0.2) is 81.7 Å². The smallest absolute Gasteiger partial charge is 0.326 e. The highest BCUT2D eigenvalue weighted by Crippen LogP contribution is 2.11.